The van der Waals surface area contributed by atoms with Crippen molar-refractivity contribution in [3.8, 4) is 0 Å². The van der Waals surface area contributed by atoms with E-state index in [0.717, 1.165) is 0 Å². The summed E-state index contributed by atoms with van der Waals surface area (Å²) in [5.74, 6) is -0.646. The number of nitrogens with zero attached hydrogens (tertiary/aromatic N) is 1. The van der Waals surface area contributed by atoms with Crippen molar-refractivity contribution in [2.24, 2.45) is 0 Å². The van der Waals surface area contributed by atoms with E-state index < -0.39 is 5.97 Å². The summed E-state index contributed by atoms with van der Waals surface area (Å²) in [4.78, 5) is 23.4. The van der Waals surface area contributed by atoms with Crippen molar-refractivity contribution in [2.75, 3.05) is 39.5 Å². The van der Waals surface area contributed by atoms with Crippen molar-refractivity contribution in [3.63, 3.8) is 0 Å². The second kappa shape index (κ2) is 17.0. The maximum atomic E-state index is 11.1. The average Bonchev–Trinajstić information content (AvgIpc) is 2.23. The van der Waals surface area contributed by atoms with E-state index in [9.17, 15) is 9.59 Å². The minimum Gasteiger partial charge on any atom is -0.458 e. The summed E-state index contributed by atoms with van der Waals surface area (Å²) >= 11 is 0. The molecule has 0 aliphatic rings. The first-order valence-electron chi connectivity index (χ1n) is 5.19. The number of ketones is 1. The number of aliphatic hydroxyl groups is 2. The first kappa shape index (κ1) is 24.9. The fourth-order valence-electron chi connectivity index (χ4n) is 1.12. The second-order valence-electron chi connectivity index (χ2n) is 3.40. The number of hydrogen-bond donors (Lipinski definition) is 2. The SMILES string of the molecule is CC(=O)COC(=O)CCN(CCO)CCO.[Ac].[Ac]. The van der Waals surface area contributed by atoms with Crippen molar-refractivity contribution in [2.45, 2.75) is 13.3 Å². The molecule has 0 aliphatic carbocycles. The Morgan fingerprint density at radius 2 is 1.56 bits per heavy atom. The third kappa shape index (κ3) is 16.0. The van der Waals surface area contributed by atoms with Crippen LogP contribution in [0.2, 0.25) is 0 Å². The van der Waals surface area contributed by atoms with Crippen LogP contribution in [-0.4, -0.2) is 66.3 Å². The molecule has 0 aromatic heterocycles. The van der Waals surface area contributed by atoms with Gasteiger partial charge in [0.25, 0.3) is 0 Å². The fourth-order valence-corrected chi connectivity index (χ4v) is 1.12. The maximum Gasteiger partial charge on any atom is 0.307 e. The number of rotatable bonds is 9. The normalized spacial score (nSPS) is 9.33. The first-order chi connectivity index (χ1) is 7.60. The largest absolute Gasteiger partial charge is 0.458 e. The van der Waals surface area contributed by atoms with Gasteiger partial charge in [0.1, 0.15) is 6.61 Å². The molecule has 0 aromatic rings. The smallest absolute Gasteiger partial charge is 0.307 e. The van der Waals surface area contributed by atoms with E-state index in [0.29, 0.717) is 19.6 Å². The van der Waals surface area contributed by atoms with Crippen LogP contribution in [0.1, 0.15) is 13.3 Å². The van der Waals surface area contributed by atoms with Gasteiger partial charge in [-0.2, -0.15) is 0 Å². The van der Waals surface area contributed by atoms with Crippen LogP contribution in [0, 0.1) is 88.1 Å². The molecule has 8 heteroatoms. The van der Waals surface area contributed by atoms with Crippen molar-refractivity contribution < 1.29 is 113 Å². The molecule has 100 valence electrons. The van der Waals surface area contributed by atoms with Crippen LogP contribution in [0.5, 0.6) is 0 Å². The molecule has 0 amide bonds. The van der Waals surface area contributed by atoms with Crippen LogP contribution in [0.25, 0.3) is 0 Å². The molecule has 0 saturated carbocycles. The van der Waals surface area contributed by atoms with Crippen molar-refractivity contribution >= 4 is 11.8 Å². The second-order valence-corrected chi connectivity index (χ2v) is 3.40. The fraction of sp³-hybridized carbons (Fsp3) is 0.800. The number of carbonyl (C=O) groups excluding carboxylic acids is 2. The number of Topliss-reactive ketones (excluding diaryl/α,β-unsaturated/α-hetero) is 1. The number of aliphatic hydroxyl groups excluding tert-OH is 2. The van der Waals surface area contributed by atoms with E-state index in [1.807, 2.05) is 0 Å². The molecule has 0 aliphatic heterocycles. The Kier molecular flexibility index (Phi) is 23.4. The van der Waals surface area contributed by atoms with Gasteiger partial charge < -0.3 is 14.9 Å². The summed E-state index contributed by atoms with van der Waals surface area (Å²) in [6.07, 6.45) is 0.146. The molecular weight excluding hydrogens is 668 g/mol. The van der Waals surface area contributed by atoms with Gasteiger partial charge in [0.15, 0.2) is 5.78 Å². The van der Waals surface area contributed by atoms with Gasteiger partial charge in [-0.25, -0.2) is 0 Å². The number of hydrogen-bond acceptors (Lipinski definition) is 6. The Hall–Kier alpha value is 1.90. The number of ether oxygens (including phenoxy) is 1. The van der Waals surface area contributed by atoms with Gasteiger partial charge in [0, 0.05) is 108 Å². The topological polar surface area (TPSA) is 87.1 Å². The van der Waals surface area contributed by atoms with Crippen molar-refractivity contribution in [1.29, 1.82) is 0 Å². The van der Waals surface area contributed by atoms with Gasteiger partial charge in [-0.15, -0.1) is 0 Å². The van der Waals surface area contributed by atoms with E-state index in [1.54, 1.807) is 4.90 Å². The third-order valence-corrected chi connectivity index (χ3v) is 1.90. The molecule has 0 aromatic carbocycles. The Balaban J connectivity index is -0.00000112. The molecule has 0 fully saturated rings. The van der Waals surface area contributed by atoms with Crippen molar-refractivity contribution in [1.82, 2.24) is 4.90 Å². The summed E-state index contributed by atoms with van der Waals surface area (Å²) in [5.41, 5.74) is 0. The van der Waals surface area contributed by atoms with E-state index in [1.165, 1.54) is 6.92 Å². The predicted octanol–water partition coefficient (Wildman–Crippen LogP) is -1.20. The molecule has 0 heterocycles. The van der Waals surface area contributed by atoms with E-state index in [4.69, 9.17) is 10.2 Å². The molecule has 0 saturated heterocycles. The summed E-state index contributed by atoms with van der Waals surface area (Å²) in [6.45, 7) is 2.31. The van der Waals surface area contributed by atoms with Crippen LogP contribution in [0.15, 0.2) is 0 Å². The molecule has 2 N–H and O–H groups in total. The quantitative estimate of drug-likeness (QED) is 0.297. The van der Waals surface area contributed by atoms with E-state index in [-0.39, 0.29) is 120 Å². The molecule has 0 atom stereocenters. The van der Waals surface area contributed by atoms with Gasteiger partial charge in [0.05, 0.1) is 19.6 Å². The van der Waals surface area contributed by atoms with Crippen LogP contribution < -0.4 is 0 Å². The maximum absolute atomic E-state index is 11.1. The molecular formula is C10H19Ac2NO5. The molecule has 0 spiro atoms. The summed E-state index contributed by atoms with van der Waals surface area (Å²) in [6, 6.07) is 0. The van der Waals surface area contributed by atoms with Gasteiger partial charge in [0.2, 0.25) is 0 Å². The van der Waals surface area contributed by atoms with Crippen LogP contribution in [0.3, 0.4) is 0 Å². The average molecular weight is 687 g/mol. The summed E-state index contributed by atoms with van der Waals surface area (Å²) < 4.78 is 4.67. The Morgan fingerprint density at radius 3 is 1.94 bits per heavy atom. The summed E-state index contributed by atoms with van der Waals surface area (Å²) in [7, 11) is 0. The Labute approximate surface area is 179 Å². The van der Waals surface area contributed by atoms with Crippen LogP contribution in [0.4, 0.5) is 0 Å². The number of carbonyl (C=O) groups is 2. The molecule has 0 bridgehead atoms. The van der Waals surface area contributed by atoms with Gasteiger partial charge in [-0.3, -0.25) is 14.5 Å². The zero-order chi connectivity index (χ0) is 12.4. The van der Waals surface area contributed by atoms with Crippen molar-refractivity contribution in [3.05, 3.63) is 0 Å². The predicted molar refractivity (Wildman–Crippen MR) is 56.9 cm³/mol. The van der Waals surface area contributed by atoms with E-state index >= 15 is 0 Å². The minimum absolute atomic E-state index is 0. The Bertz CT molecular complexity index is 222. The third-order valence-electron chi connectivity index (χ3n) is 1.90. The zero-order valence-electron chi connectivity index (χ0n) is 10.7. The Morgan fingerprint density at radius 1 is 1.06 bits per heavy atom. The molecule has 0 rings (SSSR count). The van der Waals surface area contributed by atoms with Gasteiger partial charge in [-0.1, -0.05) is 0 Å². The molecule has 6 nitrogen and oxygen atoms in total. The van der Waals surface area contributed by atoms with Gasteiger partial charge in [-0.05, 0) is 6.92 Å². The first-order valence-corrected chi connectivity index (χ1v) is 5.19. The summed E-state index contributed by atoms with van der Waals surface area (Å²) in [5, 5.41) is 17.4. The monoisotopic (exact) mass is 687 g/mol. The number of esters is 1. The van der Waals surface area contributed by atoms with Crippen LogP contribution in [-0.2, 0) is 14.3 Å². The molecule has 2 radical (unpaired) electrons. The van der Waals surface area contributed by atoms with E-state index in [2.05, 4.69) is 4.74 Å². The minimum atomic E-state index is -0.448. The standard InChI is InChI=1S/C10H19NO5.2Ac/c1-9(14)8-16-10(15)2-3-11(4-6-12)5-7-13;;/h12-13H,2-8H2,1H3;;. The zero-order valence-corrected chi connectivity index (χ0v) is 20.2. The molecule has 0 unspecified atom stereocenters. The van der Waals surface area contributed by atoms with Crippen LogP contribution >= 0.6 is 0 Å². The van der Waals surface area contributed by atoms with Gasteiger partial charge >= 0.3 is 5.97 Å². The molecule has 18 heavy (non-hydrogen) atoms.